The molecule has 164 valence electrons. The Bertz CT molecular complexity index is 1470. The van der Waals surface area contributed by atoms with Crippen LogP contribution < -0.4 is 11.1 Å². The molecule has 0 aliphatic heterocycles. The predicted octanol–water partition coefficient (Wildman–Crippen LogP) is 3.46. The normalized spacial score (nSPS) is 10.7. The molecule has 0 fully saturated rings. The summed E-state index contributed by atoms with van der Waals surface area (Å²) < 4.78 is 15.9. The number of amides is 2. The molecule has 0 bridgehead atoms. The van der Waals surface area contributed by atoms with Crippen LogP contribution in [0, 0.1) is 31.0 Å². The number of nitriles is 1. The van der Waals surface area contributed by atoms with Crippen molar-refractivity contribution in [1.82, 2.24) is 14.8 Å². The molecule has 2 aromatic carbocycles. The van der Waals surface area contributed by atoms with E-state index in [-0.39, 0.29) is 22.2 Å². The summed E-state index contributed by atoms with van der Waals surface area (Å²) in [6.45, 7) is 3.89. The van der Waals surface area contributed by atoms with Gasteiger partial charge in [-0.15, -0.1) is 0 Å². The second kappa shape index (κ2) is 8.51. The molecular formula is C24H19FN6O2. The summed E-state index contributed by atoms with van der Waals surface area (Å²) in [4.78, 5) is 29.1. The molecule has 0 atom stereocenters. The van der Waals surface area contributed by atoms with E-state index in [0.29, 0.717) is 29.2 Å². The van der Waals surface area contributed by atoms with Crippen molar-refractivity contribution in [1.29, 1.82) is 5.26 Å². The largest absolute Gasteiger partial charge is 0.366 e. The number of nitrogens with zero attached hydrogens (tertiary/aromatic N) is 4. The molecular weight excluding hydrogens is 423 g/mol. The van der Waals surface area contributed by atoms with Gasteiger partial charge in [0.1, 0.15) is 11.5 Å². The molecule has 0 aliphatic rings. The first-order valence-electron chi connectivity index (χ1n) is 10.0. The van der Waals surface area contributed by atoms with Gasteiger partial charge < -0.3 is 11.1 Å². The molecule has 0 unspecified atom stereocenters. The van der Waals surface area contributed by atoms with Gasteiger partial charge in [-0.25, -0.2) is 9.37 Å². The fourth-order valence-electron chi connectivity index (χ4n) is 3.69. The van der Waals surface area contributed by atoms with Crippen molar-refractivity contribution in [2.45, 2.75) is 20.4 Å². The topological polar surface area (TPSA) is 127 Å². The average Bonchev–Trinajstić information content (AvgIpc) is 3.06. The number of benzene rings is 2. The summed E-state index contributed by atoms with van der Waals surface area (Å²) in [5.74, 6) is -2.10. The van der Waals surface area contributed by atoms with E-state index in [0.717, 1.165) is 5.56 Å². The van der Waals surface area contributed by atoms with Gasteiger partial charge in [0.05, 0.1) is 46.3 Å². The van der Waals surface area contributed by atoms with E-state index >= 15 is 0 Å². The SMILES string of the molecule is Cc1nn(Cc2ccccc2C#N)c(C)c1NC(=O)c1cc(C(N)=O)c2c(F)cccc2n1. The van der Waals surface area contributed by atoms with Crippen molar-refractivity contribution >= 4 is 28.4 Å². The van der Waals surface area contributed by atoms with Crippen LogP contribution in [-0.4, -0.2) is 26.6 Å². The third-order valence-electron chi connectivity index (χ3n) is 5.36. The second-order valence-electron chi connectivity index (χ2n) is 7.48. The Morgan fingerprint density at radius 3 is 2.67 bits per heavy atom. The van der Waals surface area contributed by atoms with Crippen molar-refractivity contribution in [2.75, 3.05) is 5.32 Å². The lowest BCUT2D eigenvalue weighted by molar-refractivity contribution is 0.100. The number of nitrogens with two attached hydrogens (primary N) is 1. The van der Waals surface area contributed by atoms with Crippen LogP contribution in [0.3, 0.4) is 0 Å². The smallest absolute Gasteiger partial charge is 0.274 e. The zero-order valence-electron chi connectivity index (χ0n) is 17.9. The number of carbonyl (C=O) groups excluding carboxylic acids is 2. The van der Waals surface area contributed by atoms with Crippen LogP contribution in [0.1, 0.15) is 43.4 Å². The minimum atomic E-state index is -0.863. The Hall–Kier alpha value is -4.58. The summed E-state index contributed by atoms with van der Waals surface area (Å²) in [5.41, 5.74) is 8.43. The average molecular weight is 442 g/mol. The molecule has 9 heteroatoms. The summed E-state index contributed by atoms with van der Waals surface area (Å²) >= 11 is 0. The number of fused-ring (bicyclic) bond motifs is 1. The summed E-state index contributed by atoms with van der Waals surface area (Å²) in [6, 6.07) is 14.7. The molecule has 33 heavy (non-hydrogen) atoms. The molecule has 4 aromatic rings. The Labute approximate surface area is 188 Å². The number of hydrogen-bond donors (Lipinski definition) is 2. The third kappa shape index (κ3) is 4.02. The van der Waals surface area contributed by atoms with Crippen LogP contribution in [0.5, 0.6) is 0 Å². The molecule has 2 amide bonds. The van der Waals surface area contributed by atoms with Crippen molar-refractivity contribution in [3.63, 3.8) is 0 Å². The zero-order valence-corrected chi connectivity index (χ0v) is 17.9. The first-order chi connectivity index (χ1) is 15.8. The van der Waals surface area contributed by atoms with Crippen LogP contribution in [0.2, 0.25) is 0 Å². The Morgan fingerprint density at radius 2 is 1.94 bits per heavy atom. The molecule has 8 nitrogen and oxygen atoms in total. The van der Waals surface area contributed by atoms with Gasteiger partial charge in [0, 0.05) is 5.39 Å². The molecule has 0 spiro atoms. The second-order valence-corrected chi connectivity index (χ2v) is 7.48. The number of nitrogens with one attached hydrogen (secondary N) is 1. The van der Waals surface area contributed by atoms with E-state index < -0.39 is 17.6 Å². The third-order valence-corrected chi connectivity index (χ3v) is 5.36. The van der Waals surface area contributed by atoms with Gasteiger partial charge >= 0.3 is 0 Å². The first kappa shape index (κ1) is 21.6. The van der Waals surface area contributed by atoms with Gasteiger partial charge in [-0.1, -0.05) is 24.3 Å². The fraction of sp³-hybridized carbons (Fsp3) is 0.125. The van der Waals surface area contributed by atoms with E-state index in [1.807, 2.05) is 12.1 Å². The highest BCUT2D eigenvalue weighted by Gasteiger charge is 2.20. The minimum Gasteiger partial charge on any atom is -0.366 e. The number of pyridine rings is 1. The van der Waals surface area contributed by atoms with Gasteiger partial charge in [-0.05, 0) is 43.7 Å². The highest BCUT2D eigenvalue weighted by atomic mass is 19.1. The lowest BCUT2D eigenvalue weighted by atomic mass is 10.1. The Kier molecular flexibility index (Phi) is 5.58. The standard InChI is InChI=1S/C24H19FN6O2/c1-13-22(14(2)31(30-13)12-16-7-4-3-6-15(16)11-26)29-24(33)20-10-17(23(27)32)21-18(25)8-5-9-19(21)28-20/h3-10H,12H2,1-2H3,(H2,27,32)(H,29,33). The van der Waals surface area contributed by atoms with Gasteiger partial charge in [-0.3, -0.25) is 14.3 Å². The lowest BCUT2D eigenvalue weighted by Gasteiger charge is -2.10. The number of rotatable bonds is 5. The van der Waals surface area contributed by atoms with Gasteiger partial charge in [-0.2, -0.15) is 10.4 Å². The molecule has 2 heterocycles. The van der Waals surface area contributed by atoms with Crippen molar-refractivity contribution in [3.8, 4) is 6.07 Å². The molecule has 0 aliphatic carbocycles. The molecule has 0 radical (unpaired) electrons. The molecule has 4 rings (SSSR count). The van der Waals surface area contributed by atoms with E-state index in [9.17, 15) is 19.2 Å². The van der Waals surface area contributed by atoms with Crippen molar-refractivity contribution < 1.29 is 14.0 Å². The molecule has 0 saturated heterocycles. The number of anilines is 1. The maximum atomic E-state index is 14.2. The summed E-state index contributed by atoms with van der Waals surface area (Å²) in [5, 5.41) is 16.6. The lowest BCUT2D eigenvalue weighted by Crippen LogP contribution is -2.18. The number of halogens is 1. The van der Waals surface area contributed by atoms with Gasteiger partial charge in [0.2, 0.25) is 5.91 Å². The van der Waals surface area contributed by atoms with Crippen molar-refractivity contribution in [2.24, 2.45) is 5.73 Å². The number of aryl methyl sites for hydroxylation is 1. The van der Waals surface area contributed by atoms with Gasteiger partial charge in [0.15, 0.2) is 0 Å². The number of aromatic nitrogens is 3. The van der Waals surface area contributed by atoms with E-state index in [1.54, 1.807) is 30.7 Å². The quantitative estimate of drug-likeness (QED) is 0.489. The highest BCUT2D eigenvalue weighted by Crippen LogP contribution is 2.24. The van der Waals surface area contributed by atoms with E-state index in [4.69, 9.17) is 5.73 Å². The number of hydrogen-bond acceptors (Lipinski definition) is 5. The molecule has 0 saturated carbocycles. The highest BCUT2D eigenvalue weighted by molar-refractivity contribution is 6.10. The number of carbonyl (C=O) groups is 2. The van der Waals surface area contributed by atoms with E-state index in [2.05, 4.69) is 21.5 Å². The monoisotopic (exact) mass is 442 g/mol. The van der Waals surface area contributed by atoms with Crippen LogP contribution in [0.15, 0.2) is 48.5 Å². The summed E-state index contributed by atoms with van der Waals surface area (Å²) in [6.07, 6.45) is 0. The first-order valence-corrected chi connectivity index (χ1v) is 10.0. The van der Waals surface area contributed by atoms with Crippen molar-refractivity contribution in [3.05, 3.63) is 88.1 Å². The fourth-order valence-corrected chi connectivity index (χ4v) is 3.69. The van der Waals surface area contributed by atoms with Crippen LogP contribution in [-0.2, 0) is 6.54 Å². The van der Waals surface area contributed by atoms with Crippen LogP contribution in [0.25, 0.3) is 10.9 Å². The van der Waals surface area contributed by atoms with E-state index in [1.165, 1.54) is 24.3 Å². The molecule has 3 N–H and O–H groups in total. The predicted molar refractivity (Wildman–Crippen MR) is 120 cm³/mol. The molecule has 2 aromatic heterocycles. The maximum Gasteiger partial charge on any atom is 0.274 e. The Balaban J connectivity index is 1.68. The summed E-state index contributed by atoms with van der Waals surface area (Å²) in [7, 11) is 0. The van der Waals surface area contributed by atoms with Gasteiger partial charge in [0.25, 0.3) is 5.91 Å². The number of primary amides is 1. The van der Waals surface area contributed by atoms with Crippen LogP contribution in [0.4, 0.5) is 10.1 Å². The van der Waals surface area contributed by atoms with Crippen LogP contribution >= 0.6 is 0 Å². The maximum absolute atomic E-state index is 14.2. The zero-order chi connectivity index (χ0) is 23.7. The minimum absolute atomic E-state index is 0.0297. The Morgan fingerprint density at radius 1 is 1.18 bits per heavy atom.